The van der Waals surface area contributed by atoms with Gasteiger partial charge in [-0.15, -0.1) is 0 Å². The summed E-state index contributed by atoms with van der Waals surface area (Å²) in [7, 11) is 1.61. The summed E-state index contributed by atoms with van der Waals surface area (Å²) in [5, 5.41) is 0. The molecule has 0 heterocycles. The van der Waals surface area contributed by atoms with E-state index in [2.05, 4.69) is 123 Å². The molecule has 0 bridgehead atoms. The molecule has 0 saturated heterocycles. The number of allylic oxidation sites excluding steroid dienone is 18. The number of nitrogens with zero attached hydrogens (tertiary/aromatic N) is 1. The molecular weight excluding hydrogens is 758 g/mol. The number of likely N-dealkylation sites (N-methyl/N-ethyl adjacent to an activating group) is 1. The van der Waals surface area contributed by atoms with Gasteiger partial charge in [0.15, 0.2) is 0 Å². The van der Waals surface area contributed by atoms with Crippen LogP contribution in [-0.4, -0.2) is 75.6 Å². The predicted octanol–water partition coefficient (Wildman–Crippen LogP) is 13.6. The summed E-state index contributed by atoms with van der Waals surface area (Å²) < 4.78 is 34.9. The number of hydrogen-bond acceptors (Lipinski definition) is 6. The number of carbonyl (C=O) groups excluding carboxylic acids is 1. The molecule has 0 saturated carbocycles. The van der Waals surface area contributed by atoms with Crippen LogP contribution in [0, 0.1) is 0 Å². The van der Waals surface area contributed by atoms with Gasteiger partial charge in [-0.2, -0.15) is 0 Å². The fourth-order valence-electron chi connectivity index (χ4n) is 5.39. The maximum absolute atomic E-state index is 12.7. The highest BCUT2D eigenvalue weighted by Crippen LogP contribution is 2.43. The smallest absolute Gasteiger partial charge is 0.457 e. The van der Waals surface area contributed by atoms with E-state index in [-0.39, 0.29) is 32.2 Å². The van der Waals surface area contributed by atoms with Gasteiger partial charge in [0, 0.05) is 13.0 Å². The molecule has 0 aliphatic heterocycles. The van der Waals surface area contributed by atoms with Gasteiger partial charge in [-0.1, -0.05) is 149 Å². The van der Waals surface area contributed by atoms with Crippen LogP contribution in [0.5, 0.6) is 0 Å². The third-order valence-electron chi connectivity index (χ3n) is 8.83. The Morgan fingerprint density at radius 3 is 1.37 bits per heavy atom. The molecule has 0 spiro atoms. The van der Waals surface area contributed by atoms with E-state index in [1.165, 1.54) is 0 Å². The molecule has 1 N–H and O–H groups in total. The minimum absolute atomic E-state index is 0.0715. The van der Waals surface area contributed by atoms with Crippen molar-refractivity contribution in [3.63, 3.8) is 0 Å². The third-order valence-corrected chi connectivity index (χ3v) is 9.81. The number of carbonyl (C=O) groups is 1. The van der Waals surface area contributed by atoms with Crippen molar-refractivity contribution < 1.29 is 37.3 Å². The van der Waals surface area contributed by atoms with Gasteiger partial charge in [0.1, 0.15) is 19.3 Å². The Morgan fingerprint density at radius 1 is 0.525 bits per heavy atom. The van der Waals surface area contributed by atoms with E-state index in [4.69, 9.17) is 18.5 Å². The average Bonchev–Trinajstić information content (AvgIpc) is 3.19. The predicted molar refractivity (Wildman–Crippen MR) is 251 cm³/mol. The van der Waals surface area contributed by atoms with Crippen LogP contribution < -0.4 is 0 Å². The molecule has 0 aliphatic rings. The minimum Gasteiger partial charge on any atom is -0.457 e. The fourth-order valence-corrected chi connectivity index (χ4v) is 6.13. The second-order valence-electron chi connectivity index (χ2n) is 15.7. The van der Waals surface area contributed by atoms with E-state index in [1.807, 2.05) is 21.1 Å². The second-order valence-corrected chi connectivity index (χ2v) is 17.1. The fraction of sp³-hybridized carbons (Fsp3) is 0.620. The molecule has 0 rings (SSSR count). The summed E-state index contributed by atoms with van der Waals surface area (Å²) in [5.41, 5.74) is 0. The lowest BCUT2D eigenvalue weighted by atomic mass is 10.1. The van der Waals surface area contributed by atoms with Crippen LogP contribution in [0.1, 0.15) is 142 Å². The first kappa shape index (κ1) is 56.2. The zero-order chi connectivity index (χ0) is 43.4. The van der Waals surface area contributed by atoms with Crippen LogP contribution in [-0.2, 0) is 27.9 Å². The van der Waals surface area contributed by atoms with Crippen LogP contribution in [0.25, 0.3) is 0 Å². The third kappa shape index (κ3) is 46.1. The molecule has 0 radical (unpaired) electrons. The normalized spacial score (nSPS) is 14.7. The van der Waals surface area contributed by atoms with Crippen molar-refractivity contribution >= 4 is 13.8 Å². The Labute approximate surface area is 361 Å². The number of ether oxygens (including phenoxy) is 2. The van der Waals surface area contributed by atoms with Gasteiger partial charge in [0.05, 0.1) is 34.4 Å². The number of rotatable bonds is 40. The molecule has 8 nitrogen and oxygen atoms in total. The Balaban J connectivity index is 4.33. The number of hydrogen-bond donors (Lipinski definition) is 1. The van der Waals surface area contributed by atoms with E-state index < -0.39 is 13.9 Å². The highest BCUT2D eigenvalue weighted by Gasteiger charge is 2.26. The molecule has 0 aromatic heterocycles. The lowest BCUT2D eigenvalue weighted by Crippen LogP contribution is -2.37. The van der Waals surface area contributed by atoms with Crippen molar-refractivity contribution in [2.24, 2.45) is 0 Å². The first-order chi connectivity index (χ1) is 28.6. The first-order valence-electron chi connectivity index (χ1n) is 22.6. The summed E-state index contributed by atoms with van der Waals surface area (Å²) >= 11 is 0. The van der Waals surface area contributed by atoms with E-state index in [9.17, 15) is 14.3 Å². The topological polar surface area (TPSA) is 91.3 Å². The highest BCUT2D eigenvalue weighted by molar-refractivity contribution is 7.47. The Hall–Kier alpha value is -2.84. The average molecular weight is 843 g/mol. The van der Waals surface area contributed by atoms with E-state index in [0.717, 1.165) is 122 Å². The Bertz CT molecular complexity index is 1300. The molecule has 9 heteroatoms. The van der Waals surface area contributed by atoms with Crippen LogP contribution in [0.15, 0.2) is 109 Å². The Kier molecular flexibility index (Phi) is 39.9. The second kappa shape index (κ2) is 41.9. The van der Waals surface area contributed by atoms with Crippen molar-refractivity contribution in [2.45, 2.75) is 148 Å². The quantitative estimate of drug-likeness (QED) is 0.0216. The maximum atomic E-state index is 12.7. The van der Waals surface area contributed by atoms with Gasteiger partial charge in [-0.3, -0.25) is 13.8 Å². The number of unbranched alkanes of at least 4 members (excludes halogenated alkanes) is 8. The van der Waals surface area contributed by atoms with Crippen LogP contribution >= 0.6 is 7.82 Å². The molecule has 336 valence electrons. The van der Waals surface area contributed by atoms with Crippen molar-refractivity contribution in [2.75, 3.05) is 54.1 Å². The minimum atomic E-state index is -4.30. The van der Waals surface area contributed by atoms with Gasteiger partial charge in [-0.05, 0) is 96.3 Å². The van der Waals surface area contributed by atoms with Crippen molar-refractivity contribution in [3.05, 3.63) is 109 Å². The van der Waals surface area contributed by atoms with E-state index >= 15 is 0 Å². The van der Waals surface area contributed by atoms with Crippen molar-refractivity contribution in [1.82, 2.24) is 0 Å². The van der Waals surface area contributed by atoms with Crippen LogP contribution in [0.2, 0.25) is 0 Å². The molecule has 0 aromatic rings. The molecule has 59 heavy (non-hydrogen) atoms. The van der Waals surface area contributed by atoms with Crippen molar-refractivity contribution in [3.8, 4) is 0 Å². The zero-order valence-corrected chi connectivity index (χ0v) is 38.8. The lowest BCUT2D eigenvalue weighted by molar-refractivity contribution is -0.870. The van der Waals surface area contributed by atoms with Crippen LogP contribution in [0.4, 0.5) is 0 Å². The summed E-state index contributed by atoms with van der Waals surface area (Å²) in [6, 6.07) is 0. The molecule has 2 atom stereocenters. The van der Waals surface area contributed by atoms with E-state index in [0.29, 0.717) is 17.6 Å². The highest BCUT2D eigenvalue weighted by atomic mass is 31.2. The molecule has 0 amide bonds. The summed E-state index contributed by atoms with van der Waals surface area (Å²) in [4.78, 5) is 22.9. The standard InChI is InChI=1S/C50H84NO7P/c1-6-8-10-12-14-16-18-20-22-23-24-25-26-27-28-29-30-31-33-35-37-39-41-43-50(52)58-49(48-57-59(53,54)56-46-44-51(3,4)5)47-55-45-42-40-38-36-34-32-21-19-17-15-13-11-9-7-2/h8-11,14-17,20-22,24-25,27-28,30-32,49H,6-7,12-13,18-19,23,26,29,33-48H2,1-5H3/p+1/b10-8-,11-9-,16-14-,17-15-,22-20-,25-24-,28-27-,31-30-,32-21-. The summed E-state index contributed by atoms with van der Waals surface area (Å²) in [6.45, 7) is 5.26. The number of esters is 1. The molecule has 0 aliphatic carbocycles. The van der Waals surface area contributed by atoms with Gasteiger partial charge in [0.25, 0.3) is 0 Å². The van der Waals surface area contributed by atoms with Gasteiger partial charge >= 0.3 is 13.8 Å². The number of quaternary nitrogens is 1. The summed E-state index contributed by atoms with van der Waals surface area (Å²) in [6.07, 6.45) is 58.4. The first-order valence-corrected chi connectivity index (χ1v) is 24.1. The Morgan fingerprint density at radius 2 is 0.932 bits per heavy atom. The van der Waals surface area contributed by atoms with E-state index in [1.54, 1.807) is 0 Å². The molecule has 0 fully saturated rings. The maximum Gasteiger partial charge on any atom is 0.472 e. The van der Waals surface area contributed by atoms with Crippen LogP contribution in [0.3, 0.4) is 0 Å². The summed E-state index contributed by atoms with van der Waals surface area (Å²) in [5.74, 6) is -0.352. The molecule has 2 unspecified atom stereocenters. The monoisotopic (exact) mass is 843 g/mol. The van der Waals surface area contributed by atoms with Crippen molar-refractivity contribution in [1.29, 1.82) is 0 Å². The van der Waals surface area contributed by atoms with Gasteiger partial charge in [-0.25, -0.2) is 4.57 Å². The molecule has 0 aromatic carbocycles. The lowest BCUT2D eigenvalue weighted by Gasteiger charge is -2.24. The largest absolute Gasteiger partial charge is 0.472 e. The number of phosphoric ester groups is 1. The zero-order valence-electron chi connectivity index (χ0n) is 37.9. The van der Waals surface area contributed by atoms with Gasteiger partial charge in [0.2, 0.25) is 0 Å². The number of phosphoric acid groups is 1. The van der Waals surface area contributed by atoms with Gasteiger partial charge < -0.3 is 18.9 Å². The SMILES string of the molecule is CC/C=C\C/C=C\C/C=C\C/C=C\C/C=C\C/C=C\CCCCCCC(=O)OC(COCCCCCC/C=C\C/C=C\C/C=C\CC)COP(=O)(O)OCC[N+](C)(C)C. The molecular formula is C50H85NO7P+.